The van der Waals surface area contributed by atoms with E-state index in [0.29, 0.717) is 69.9 Å². The Kier molecular flexibility index (Phi) is 40.2. The molecule has 3 aromatic heterocycles. The first kappa shape index (κ1) is 107. The number of thioether (sulfide) groups is 1. The lowest BCUT2D eigenvalue weighted by Crippen LogP contribution is -2.60. The lowest BCUT2D eigenvalue weighted by molar-refractivity contribution is -0.149. The van der Waals surface area contributed by atoms with Gasteiger partial charge in [0.1, 0.15) is 84.8 Å². The number of aliphatic hydroxyl groups is 1. The van der Waals surface area contributed by atoms with Gasteiger partial charge in [-0.05, 0) is 118 Å². The summed E-state index contributed by atoms with van der Waals surface area (Å²) in [6, 6.07) is 0.252. The minimum Gasteiger partial charge on any atom is -0.508 e. The van der Waals surface area contributed by atoms with Crippen LogP contribution in [0.15, 0.2) is 97.7 Å². The number of guanidine groups is 1. The number of carboxylic acid groups (broad SMARTS) is 1. The fourth-order valence-electron chi connectivity index (χ4n) is 17.3. The molecule has 0 bridgehead atoms. The number of Topliss-reactive ketones (excluding diaryl/α,β-unsaturated/α-hetero) is 1. The predicted octanol–water partition coefficient (Wildman–Crippen LogP) is -0.882. The molecule has 0 radical (unpaired) electrons. The highest BCUT2D eigenvalue weighted by Gasteiger charge is 2.47. The molecule has 23 N–H and O–H groups in total. The van der Waals surface area contributed by atoms with Crippen molar-refractivity contribution in [1.82, 2.24) is 97.6 Å². The molecule has 0 aliphatic carbocycles. The Hall–Kier alpha value is -13.5. The Morgan fingerprint density at radius 2 is 1.15 bits per heavy atom. The molecule has 9 rings (SSSR count). The number of carbonyl (C=O) groups is 17. The van der Waals surface area contributed by atoms with Crippen molar-refractivity contribution < 1.29 is 96.8 Å². The molecule has 3 fully saturated rings. The van der Waals surface area contributed by atoms with E-state index in [1.165, 1.54) is 69.8 Å². The zero-order valence-electron chi connectivity index (χ0n) is 78.5. The Bertz CT molecular complexity index is 5260. The molecule has 0 spiro atoms. The molecule has 6 heterocycles. The van der Waals surface area contributed by atoms with E-state index < -0.39 is 234 Å². The fraction of sp³-hybridized carbons (Fsp3) is 0.538. The van der Waals surface area contributed by atoms with Crippen LogP contribution in [0.3, 0.4) is 0 Å². The second kappa shape index (κ2) is 51.4. The average Bonchev–Trinajstić information content (AvgIpc) is 1.78. The number of ketones is 1. The fourth-order valence-corrected chi connectivity index (χ4v) is 18.2. The van der Waals surface area contributed by atoms with Gasteiger partial charge in [-0.3, -0.25) is 86.9 Å². The Labute approximate surface area is 797 Å². The van der Waals surface area contributed by atoms with E-state index in [2.05, 4.69) is 73.1 Å². The van der Waals surface area contributed by atoms with E-state index >= 15 is 38.4 Å². The molecule has 6 aromatic rings. The number of aromatic hydroxyl groups is 1. The number of rotatable bonds is 27. The molecule has 44 heteroatoms. The van der Waals surface area contributed by atoms with E-state index in [9.17, 15) is 58.5 Å². The number of aromatic amines is 3. The molecule has 744 valence electrons. The number of hydrogen-bond donors (Lipinski definition) is 20. The van der Waals surface area contributed by atoms with Crippen molar-refractivity contribution in [3.05, 3.63) is 120 Å². The van der Waals surface area contributed by atoms with Crippen molar-refractivity contribution in [1.29, 1.82) is 5.41 Å². The van der Waals surface area contributed by atoms with Crippen molar-refractivity contribution in [3.63, 3.8) is 0 Å². The van der Waals surface area contributed by atoms with Gasteiger partial charge in [0.15, 0.2) is 11.7 Å². The number of nitrogens with one attached hydrogen (secondary N) is 14. The number of aliphatic hydroxyl groups excluding tert-OH is 1. The molecule has 3 aliphatic rings. The highest BCUT2D eigenvalue weighted by atomic mass is 32.2. The van der Waals surface area contributed by atoms with Crippen LogP contribution in [0, 0.1) is 17.2 Å². The van der Waals surface area contributed by atoms with Crippen molar-refractivity contribution in [3.8, 4) is 5.75 Å². The van der Waals surface area contributed by atoms with E-state index in [1.54, 1.807) is 74.8 Å². The molecular weight excluding hydrogens is 1790 g/mol. The topological polar surface area (TPSA) is 650 Å². The summed E-state index contributed by atoms with van der Waals surface area (Å²) in [5, 5.41) is 67.3. The maximum Gasteiger partial charge on any atom is 0.322 e. The number of unbranched alkanes of at least 4 members (excludes halogenated alkanes) is 2. The van der Waals surface area contributed by atoms with Gasteiger partial charge in [0, 0.05) is 131 Å². The molecule has 15 amide bonds. The maximum atomic E-state index is 15.9. The lowest BCUT2D eigenvalue weighted by atomic mass is 9.90. The second-order valence-corrected chi connectivity index (χ2v) is 36.6. The summed E-state index contributed by atoms with van der Waals surface area (Å²) < 4.78 is 0. The number of para-hydroxylation sites is 2. The number of benzene rings is 3. The quantitative estimate of drug-likeness (QED) is 0.0169. The number of nitrogens with zero attached hydrogens (tertiary/aromatic N) is 6. The van der Waals surface area contributed by atoms with Crippen LogP contribution in [0.5, 0.6) is 5.75 Å². The second-order valence-electron chi connectivity index (χ2n) is 35.6. The largest absolute Gasteiger partial charge is 0.508 e. The van der Waals surface area contributed by atoms with E-state index in [1.807, 2.05) is 13.8 Å². The number of hydrogen-bond acceptors (Lipinski definition) is 23. The third-order valence-electron chi connectivity index (χ3n) is 24.9. The van der Waals surface area contributed by atoms with Gasteiger partial charge in [0.05, 0.1) is 30.6 Å². The number of nitrogens with two attached hydrogens (primary N) is 3. The van der Waals surface area contributed by atoms with Crippen LogP contribution in [-0.2, 0) is 107 Å². The molecule has 3 saturated heterocycles. The summed E-state index contributed by atoms with van der Waals surface area (Å²) in [7, 11) is 3.95. The molecule has 15 atom stereocenters. The van der Waals surface area contributed by atoms with Crippen LogP contribution in [0.1, 0.15) is 153 Å². The van der Waals surface area contributed by atoms with E-state index in [-0.39, 0.29) is 115 Å². The van der Waals surface area contributed by atoms with Gasteiger partial charge >= 0.3 is 5.97 Å². The third kappa shape index (κ3) is 30.2. The first-order valence-electron chi connectivity index (χ1n) is 46.3. The lowest BCUT2D eigenvalue weighted by Gasteiger charge is -2.36. The predicted molar refractivity (Wildman–Crippen MR) is 506 cm³/mol. The van der Waals surface area contributed by atoms with Gasteiger partial charge in [0.2, 0.25) is 88.6 Å². The first-order valence-corrected chi connectivity index (χ1v) is 47.5. The first-order chi connectivity index (χ1) is 65.3. The normalized spacial score (nSPS) is 24.6. The van der Waals surface area contributed by atoms with Gasteiger partial charge in [-0.25, -0.2) is 4.98 Å². The van der Waals surface area contributed by atoms with Crippen LogP contribution >= 0.6 is 11.8 Å². The SMILES string of the molecule is CCCC[C@H]1C(=O)N(C)[C@@H](CCCC)C(=O)N[C@@H](CCCNC(=N)N)C(=O)N[C@H](C(=O)NCC(=O)O)CSCC(=O)N[C@@H](Cc2ccc(O)cc2)C(=O)N(C)[C@@H](C)C(=O)N[C@@H](CC(N)=O)C(=O)N2CCC[C@H]2C(=O)N[C@@H](Cc2cnc[nH]2)C(=O)N[C@@H](CC(C)C)C(=O)N2C[C@H](O)C[C@H]2C(=O)C[C@@H](Cc2c[nH]c3ccccc23)C(=O)N[C@@H](CCN)C(=O)N[C@@H](Cc2c[nH]c3ccccc23)C(=O)N1C. The summed E-state index contributed by atoms with van der Waals surface area (Å²) in [6.45, 7) is 6.80. The van der Waals surface area contributed by atoms with Crippen molar-refractivity contribution in [2.45, 2.75) is 241 Å². The number of phenols is 1. The number of aliphatic carboxylic acids is 1. The highest BCUT2D eigenvalue weighted by Crippen LogP contribution is 2.30. The zero-order valence-corrected chi connectivity index (χ0v) is 79.3. The number of primary amides is 1. The number of fused-ring (bicyclic) bond motifs is 4. The number of H-pyrrole nitrogens is 3. The van der Waals surface area contributed by atoms with Gasteiger partial charge in [-0.1, -0.05) is 102 Å². The summed E-state index contributed by atoms with van der Waals surface area (Å²) in [5.41, 5.74) is 20.9. The Morgan fingerprint density at radius 1 is 0.584 bits per heavy atom. The molecule has 43 nitrogen and oxygen atoms in total. The molecule has 3 aromatic carbocycles. The molecule has 137 heavy (non-hydrogen) atoms. The zero-order chi connectivity index (χ0) is 100. The molecular formula is C93H131N23O20S. The molecule has 0 unspecified atom stereocenters. The number of phenolic OH excluding ortho intramolecular Hbond substituents is 1. The summed E-state index contributed by atoms with van der Waals surface area (Å²) in [4.78, 5) is 270. The van der Waals surface area contributed by atoms with Crippen LogP contribution < -0.4 is 70.4 Å². The minimum absolute atomic E-state index is 0.0103. The standard InChI is InChI=1S/C93H131N23O20S/c1-9-11-24-72-86(130)106-64(23-17-33-99-93(96)97)83(127)111-71(82(126)102-46-79(122)123)48-137-49-78(121)104-68(36-53-27-29-58(117)30-28-53)88(132)112(6)52(5)80(124)108-70(42-77(95)120)90(134)115-34-18-26-73(115)87(131)107-66(40-57-45-98-50-103-57)85(129)109-67(35-51(3)4)91(135)116-47-59(118)41-75(116)76(119)39-54(37-55-43-100-62-21-15-13-19-60(55)62)81(125)105-65(31-32-94)84(128)110-69(38-56-44-101-63-22-16-14-20-61(56)63)89(133)114(8)74(25-12-10-2)92(136)113(72)7/h13-16,19-22,27-30,43-45,50-52,54,59,64-75,100-101,117-118H,9-12,17-18,23-26,31-42,46-49,94H2,1-8H3,(H2,95,120)(H,98,103)(H,102,126)(H,104,121)(H,105,125)(H,106,130)(H,107,131)(H,108,124)(H,109,129)(H,110,128)(H,111,127)(H,122,123)(H4,96,97,99)/t52-,54+,59+,64-,65-,66-,67-,68-,69-,70-,71-,72-,73-,74-,75-/m0/s1. The summed E-state index contributed by atoms with van der Waals surface area (Å²) >= 11 is 0.737. The molecule has 3 aliphatic heterocycles. The van der Waals surface area contributed by atoms with Crippen LogP contribution in [0.25, 0.3) is 21.8 Å². The van der Waals surface area contributed by atoms with Crippen LogP contribution in [-0.4, -0.2) is 316 Å². The Morgan fingerprint density at radius 3 is 1.77 bits per heavy atom. The van der Waals surface area contributed by atoms with E-state index in [4.69, 9.17) is 22.6 Å². The minimum atomic E-state index is -1.78. The van der Waals surface area contributed by atoms with Crippen molar-refractivity contribution >= 4 is 140 Å². The van der Waals surface area contributed by atoms with Crippen molar-refractivity contribution in [2.24, 2.45) is 29.0 Å². The average molecular weight is 1920 g/mol. The number of carboxylic acids is 1. The third-order valence-corrected chi connectivity index (χ3v) is 25.9. The maximum absolute atomic E-state index is 15.9. The molecule has 0 saturated carbocycles. The van der Waals surface area contributed by atoms with Gasteiger partial charge in [0.25, 0.3) is 0 Å². The van der Waals surface area contributed by atoms with E-state index in [0.717, 1.165) is 31.4 Å². The monoisotopic (exact) mass is 1920 g/mol. The number of aromatic nitrogens is 4. The summed E-state index contributed by atoms with van der Waals surface area (Å²) in [6.07, 6.45) is 3.40. The highest BCUT2D eigenvalue weighted by molar-refractivity contribution is 8.00. The smallest absolute Gasteiger partial charge is 0.322 e. The number of carbonyl (C=O) groups excluding carboxylic acids is 16. The van der Waals surface area contributed by atoms with Gasteiger partial charge in [-0.2, -0.15) is 0 Å². The number of amides is 15. The number of imidazole rings is 1. The van der Waals surface area contributed by atoms with Crippen LogP contribution in [0.2, 0.25) is 0 Å². The number of likely N-dealkylation sites (N-methyl/N-ethyl adjacent to an activating group) is 3. The van der Waals surface area contributed by atoms with Crippen molar-refractivity contribution in [2.75, 3.05) is 65.4 Å². The van der Waals surface area contributed by atoms with Gasteiger partial charge < -0.3 is 125 Å². The van der Waals surface area contributed by atoms with Crippen LogP contribution in [0.4, 0.5) is 0 Å². The van der Waals surface area contributed by atoms with Gasteiger partial charge in [-0.15, -0.1) is 11.8 Å². The Balaban J connectivity index is 1.11. The summed E-state index contributed by atoms with van der Waals surface area (Å²) in [5.74, 6) is -19.1.